The molecule has 6 N–H and O–H groups in total. The zero-order chi connectivity index (χ0) is 27.4. The number of aliphatic hydroxyl groups is 3. The molecule has 0 spiro atoms. The smallest absolute Gasteiger partial charge is 0.414 e. The lowest BCUT2D eigenvalue weighted by atomic mass is 9.93. The van der Waals surface area contributed by atoms with Crippen molar-refractivity contribution in [1.29, 1.82) is 0 Å². The Morgan fingerprint density at radius 1 is 1.26 bits per heavy atom. The molecular formula is C25H37FN4O8. The van der Waals surface area contributed by atoms with Crippen molar-refractivity contribution in [3.8, 4) is 0 Å². The van der Waals surface area contributed by atoms with E-state index in [2.05, 4.69) is 5.32 Å². The van der Waals surface area contributed by atoms with Gasteiger partial charge in [0.25, 0.3) is 0 Å². The molecule has 13 heteroatoms. The van der Waals surface area contributed by atoms with Crippen LogP contribution < -0.4 is 20.9 Å². The number of cyclic esters (lactones) is 1. The fraction of sp³-hybridized carbons (Fsp3) is 0.680. The number of ether oxygens (including phenoxy) is 3. The Morgan fingerprint density at radius 2 is 2.00 bits per heavy atom. The standard InChI is InChI=1S/C25H37FN4O8/c1-14(32)28-11-17-12-30(25(35)37-17)16-2-3-19(18(26)10-16)29-7-4-15(5-8-29)6-9-36-24-21(27)23(34)22(33)20(13-31)38-24/h2-3,10,15,17,20-24,31,33-34H,4-9,11-13,27H2,1H3,(H,28,32). The fourth-order valence-corrected chi connectivity index (χ4v) is 5.08. The highest BCUT2D eigenvalue weighted by Gasteiger charge is 2.43. The van der Waals surface area contributed by atoms with Crippen molar-refractivity contribution in [2.24, 2.45) is 11.7 Å². The van der Waals surface area contributed by atoms with E-state index in [0.29, 0.717) is 37.0 Å². The first-order valence-electron chi connectivity index (χ1n) is 12.9. The van der Waals surface area contributed by atoms with E-state index in [9.17, 15) is 24.9 Å². The second-order valence-electron chi connectivity index (χ2n) is 10.1. The van der Waals surface area contributed by atoms with Crippen LogP contribution in [0.25, 0.3) is 0 Å². The fourth-order valence-electron chi connectivity index (χ4n) is 5.08. The molecule has 0 aromatic heterocycles. The van der Waals surface area contributed by atoms with Crippen LogP contribution in [0, 0.1) is 11.7 Å². The van der Waals surface area contributed by atoms with E-state index >= 15 is 4.39 Å². The van der Waals surface area contributed by atoms with Crippen LogP contribution in [0.1, 0.15) is 26.2 Å². The summed E-state index contributed by atoms with van der Waals surface area (Å²) in [5.74, 6) is -0.298. The first kappa shape index (κ1) is 28.5. The third-order valence-corrected chi connectivity index (χ3v) is 7.39. The minimum Gasteiger partial charge on any atom is -0.442 e. The molecule has 0 aliphatic carbocycles. The summed E-state index contributed by atoms with van der Waals surface area (Å²) in [4.78, 5) is 26.7. The highest BCUT2D eigenvalue weighted by Crippen LogP contribution is 2.31. The number of hydrogen-bond acceptors (Lipinski definition) is 10. The Bertz CT molecular complexity index is 977. The summed E-state index contributed by atoms with van der Waals surface area (Å²) >= 11 is 0. The van der Waals surface area contributed by atoms with Gasteiger partial charge in [-0.15, -0.1) is 0 Å². The van der Waals surface area contributed by atoms with Gasteiger partial charge in [0.2, 0.25) is 5.91 Å². The normalized spacial score (nSPS) is 30.4. The number of aliphatic hydroxyl groups excluding tert-OH is 3. The number of carbonyl (C=O) groups excluding carboxylic acids is 2. The monoisotopic (exact) mass is 540 g/mol. The Balaban J connectivity index is 1.24. The van der Waals surface area contributed by atoms with E-state index < -0.39 is 55.3 Å². The van der Waals surface area contributed by atoms with Gasteiger partial charge in [0.05, 0.1) is 43.7 Å². The maximum Gasteiger partial charge on any atom is 0.414 e. The van der Waals surface area contributed by atoms with Gasteiger partial charge < -0.3 is 45.5 Å². The maximum atomic E-state index is 15.0. The van der Waals surface area contributed by atoms with Crippen molar-refractivity contribution < 1.29 is 43.5 Å². The van der Waals surface area contributed by atoms with Gasteiger partial charge in [-0.05, 0) is 43.4 Å². The van der Waals surface area contributed by atoms with Crippen LogP contribution in [0.5, 0.6) is 0 Å². The molecule has 3 fully saturated rings. The number of halogens is 1. The third kappa shape index (κ3) is 6.53. The number of hydrogen-bond donors (Lipinski definition) is 5. The van der Waals surface area contributed by atoms with Crippen molar-refractivity contribution >= 4 is 23.4 Å². The van der Waals surface area contributed by atoms with Gasteiger partial charge in [0.1, 0.15) is 30.2 Å². The summed E-state index contributed by atoms with van der Waals surface area (Å²) in [6, 6.07) is 3.77. The van der Waals surface area contributed by atoms with Crippen molar-refractivity contribution in [3.63, 3.8) is 0 Å². The van der Waals surface area contributed by atoms with Gasteiger partial charge >= 0.3 is 6.09 Å². The zero-order valence-corrected chi connectivity index (χ0v) is 21.4. The summed E-state index contributed by atoms with van der Waals surface area (Å²) in [6.45, 7) is 3.00. The lowest BCUT2D eigenvalue weighted by Gasteiger charge is -2.40. The molecule has 6 atom stereocenters. The molecule has 1 aromatic carbocycles. The molecule has 6 unspecified atom stereocenters. The summed E-state index contributed by atoms with van der Waals surface area (Å²) in [6.07, 6.45) is -3.11. The Morgan fingerprint density at radius 3 is 2.66 bits per heavy atom. The van der Waals surface area contributed by atoms with E-state index in [-0.39, 0.29) is 19.0 Å². The minimum atomic E-state index is -1.27. The summed E-state index contributed by atoms with van der Waals surface area (Å²) in [7, 11) is 0. The molecule has 3 saturated heterocycles. The molecule has 3 aliphatic heterocycles. The van der Waals surface area contributed by atoms with Crippen LogP contribution in [0.15, 0.2) is 18.2 Å². The predicted octanol–water partition coefficient (Wildman–Crippen LogP) is -0.324. The molecule has 3 aliphatic rings. The molecule has 38 heavy (non-hydrogen) atoms. The average molecular weight is 541 g/mol. The molecule has 212 valence electrons. The molecule has 4 rings (SSSR count). The van der Waals surface area contributed by atoms with Crippen LogP contribution in [0.3, 0.4) is 0 Å². The van der Waals surface area contributed by atoms with Crippen molar-refractivity contribution in [2.75, 3.05) is 49.2 Å². The molecule has 0 saturated carbocycles. The first-order chi connectivity index (χ1) is 18.2. The summed E-state index contributed by atoms with van der Waals surface area (Å²) in [5, 5.41) is 31.9. The topological polar surface area (TPSA) is 167 Å². The quantitative estimate of drug-likeness (QED) is 0.280. The van der Waals surface area contributed by atoms with Crippen LogP contribution in [-0.2, 0) is 19.0 Å². The third-order valence-electron chi connectivity index (χ3n) is 7.39. The number of amides is 2. The van der Waals surface area contributed by atoms with Gasteiger partial charge in [-0.25, -0.2) is 9.18 Å². The van der Waals surface area contributed by atoms with Gasteiger partial charge in [0, 0.05) is 20.0 Å². The van der Waals surface area contributed by atoms with Crippen molar-refractivity contribution in [2.45, 2.75) is 62.9 Å². The van der Waals surface area contributed by atoms with Gasteiger partial charge in [-0.2, -0.15) is 0 Å². The maximum absolute atomic E-state index is 15.0. The van der Waals surface area contributed by atoms with Crippen LogP contribution in [-0.4, -0.2) is 103 Å². The molecular weight excluding hydrogens is 503 g/mol. The van der Waals surface area contributed by atoms with Gasteiger partial charge in [-0.3, -0.25) is 9.69 Å². The second kappa shape index (κ2) is 12.5. The number of nitrogens with two attached hydrogens (primary N) is 1. The SMILES string of the molecule is CC(=O)NCC1CN(c2ccc(N3CCC(CCOC4OC(CO)C(O)C(O)C4N)CC3)c(F)c2)C(=O)O1. The van der Waals surface area contributed by atoms with Crippen LogP contribution >= 0.6 is 0 Å². The van der Waals surface area contributed by atoms with Crippen LogP contribution in [0.4, 0.5) is 20.6 Å². The number of benzene rings is 1. The highest BCUT2D eigenvalue weighted by molar-refractivity contribution is 5.90. The lowest BCUT2D eigenvalue weighted by Crippen LogP contribution is -2.62. The van der Waals surface area contributed by atoms with E-state index in [1.807, 2.05) is 4.90 Å². The minimum absolute atomic E-state index is 0.201. The Labute approximate surface area is 220 Å². The zero-order valence-electron chi connectivity index (χ0n) is 21.4. The molecule has 2 amide bonds. The molecule has 3 heterocycles. The number of rotatable bonds is 9. The largest absolute Gasteiger partial charge is 0.442 e. The summed E-state index contributed by atoms with van der Waals surface area (Å²) < 4.78 is 31.5. The van der Waals surface area contributed by atoms with Crippen molar-refractivity contribution in [1.82, 2.24) is 5.32 Å². The number of nitrogens with one attached hydrogen (secondary N) is 1. The molecule has 0 radical (unpaired) electrons. The van der Waals surface area contributed by atoms with E-state index in [1.165, 1.54) is 17.9 Å². The number of anilines is 2. The predicted molar refractivity (Wildman–Crippen MR) is 134 cm³/mol. The Kier molecular flexibility index (Phi) is 9.39. The van der Waals surface area contributed by atoms with Gasteiger partial charge in [-0.1, -0.05) is 0 Å². The summed E-state index contributed by atoms with van der Waals surface area (Å²) in [5.41, 5.74) is 6.78. The highest BCUT2D eigenvalue weighted by atomic mass is 19.1. The second-order valence-corrected chi connectivity index (χ2v) is 10.1. The van der Waals surface area contributed by atoms with E-state index in [0.717, 1.165) is 19.3 Å². The molecule has 12 nitrogen and oxygen atoms in total. The van der Waals surface area contributed by atoms with Gasteiger partial charge in [0.15, 0.2) is 6.29 Å². The Hall–Kier alpha value is -2.55. The van der Waals surface area contributed by atoms with E-state index in [4.69, 9.17) is 19.9 Å². The molecule has 0 bridgehead atoms. The van der Waals surface area contributed by atoms with Crippen molar-refractivity contribution in [3.05, 3.63) is 24.0 Å². The lowest BCUT2D eigenvalue weighted by molar-refractivity contribution is -0.266. The van der Waals surface area contributed by atoms with Crippen LogP contribution in [0.2, 0.25) is 0 Å². The molecule has 1 aromatic rings. The number of piperidine rings is 1. The average Bonchev–Trinajstić information content (AvgIpc) is 3.28. The first-order valence-corrected chi connectivity index (χ1v) is 12.9. The number of nitrogens with zero attached hydrogens (tertiary/aromatic N) is 2. The number of carbonyl (C=O) groups is 2. The van der Waals surface area contributed by atoms with E-state index in [1.54, 1.807) is 12.1 Å².